The molecule has 1 N–H and O–H groups in total. The quantitative estimate of drug-likeness (QED) is 0.543. The van der Waals surface area contributed by atoms with Gasteiger partial charge in [0.05, 0.1) is 6.10 Å². The van der Waals surface area contributed by atoms with E-state index in [1.165, 1.54) is 0 Å². The Morgan fingerprint density at radius 3 is 2.35 bits per heavy atom. The molecule has 0 bridgehead atoms. The molecule has 1 saturated heterocycles. The number of hydrogen-bond acceptors (Lipinski definition) is 4. The molecule has 1 amide bonds. The number of aliphatic hydroxyl groups is 1. The second-order valence-corrected chi connectivity index (χ2v) is 16.2. The predicted octanol–water partition coefficient (Wildman–Crippen LogP) is 6.21. The van der Waals surface area contributed by atoms with Crippen LogP contribution in [0, 0.1) is 6.92 Å². The van der Waals surface area contributed by atoms with Gasteiger partial charge in [-0.1, -0.05) is 45.0 Å². The molecule has 0 aromatic heterocycles. The van der Waals surface area contributed by atoms with Gasteiger partial charge in [-0.2, -0.15) is 0 Å². The summed E-state index contributed by atoms with van der Waals surface area (Å²) in [5.74, 6) is 0. The number of carbonyl (C=O) groups is 1. The molecule has 0 aliphatic carbocycles. The van der Waals surface area contributed by atoms with Gasteiger partial charge in [-0.25, -0.2) is 4.79 Å². The van der Waals surface area contributed by atoms with Crippen LogP contribution < -0.4 is 0 Å². The number of aryl methyl sites for hydroxylation is 1. The van der Waals surface area contributed by atoms with Crippen molar-refractivity contribution in [2.45, 2.75) is 110 Å². The van der Waals surface area contributed by atoms with Crippen LogP contribution in [-0.2, 0) is 9.16 Å². The molecule has 3 atom stereocenters. The summed E-state index contributed by atoms with van der Waals surface area (Å²) in [7, 11) is -1.92. The fraction of sp³-hybridized carbons (Fsp3) is 0.720. The molecule has 0 saturated carbocycles. The van der Waals surface area contributed by atoms with Gasteiger partial charge in [0, 0.05) is 18.7 Å². The van der Waals surface area contributed by atoms with Gasteiger partial charge in [0.1, 0.15) is 5.60 Å². The lowest BCUT2D eigenvalue weighted by Gasteiger charge is -2.45. The zero-order chi connectivity index (χ0) is 23.6. The molecule has 1 aromatic rings. The van der Waals surface area contributed by atoms with Crippen LogP contribution >= 0.6 is 0 Å². The topological polar surface area (TPSA) is 59.0 Å². The standard InChI is InChI=1S/C25H43NO4Si/c1-18-12-10-11-13-21(18)22(27)17-19-16-20(30-31(8,9)25(5,6)7)14-15-26(19)23(28)29-24(2,3)4/h10-13,19-20,22,27H,14-17H2,1-9H3/t19-,20+,22-/m1/s1. The highest BCUT2D eigenvalue weighted by Crippen LogP contribution is 2.39. The number of likely N-dealkylation sites (tertiary alicyclic amines) is 1. The first-order chi connectivity index (χ1) is 14.1. The van der Waals surface area contributed by atoms with E-state index in [0.29, 0.717) is 19.4 Å². The highest BCUT2D eigenvalue weighted by molar-refractivity contribution is 6.74. The predicted molar refractivity (Wildman–Crippen MR) is 129 cm³/mol. The van der Waals surface area contributed by atoms with Gasteiger partial charge < -0.3 is 19.2 Å². The Kier molecular flexibility index (Phi) is 8.04. The number of piperidine rings is 1. The molecule has 1 fully saturated rings. The summed E-state index contributed by atoms with van der Waals surface area (Å²) < 4.78 is 12.4. The Balaban J connectivity index is 2.22. The summed E-state index contributed by atoms with van der Waals surface area (Å²) >= 11 is 0. The van der Waals surface area contributed by atoms with E-state index in [1.54, 1.807) is 4.90 Å². The van der Waals surface area contributed by atoms with Crippen molar-refractivity contribution >= 4 is 14.4 Å². The third kappa shape index (κ3) is 7.06. The fourth-order valence-electron chi connectivity index (χ4n) is 3.84. The zero-order valence-corrected chi connectivity index (χ0v) is 22.0. The van der Waals surface area contributed by atoms with Crippen LogP contribution in [0.2, 0.25) is 18.1 Å². The lowest BCUT2D eigenvalue weighted by Crippen LogP contribution is -2.53. The van der Waals surface area contributed by atoms with E-state index in [2.05, 4.69) is 33.9 Å². The largest absolute Gasteiger partial charge is 0.444 e. The molecule has 176 valence electrons. The Labute approximate surface area is 190 Å². The average Bonchev–Trinajstić information content (AvgIpc) is 2.59. The number of amides is 1. The highest BCUT2D eigenvalue weighted by Gasteiger charge is 2.42. The molecule has 2 rings (SSSR count). The molecule has 5 nitrogen and oxygen atoms in total. The number of carbonyl (C=O) groups excluding carboxylic acids is 1. The van der Waals surface area contributed by atoms with Gasteiger partial charge >= 0.3 is 6.09 Å². The van der Waals surface area contributed by atoms with Crippen LogP contribution in [0.4, 0.5) is 4.79 Å². The van der Waals surface area contributed by atoms with E-state index in [4.69, 9.17) is 9.16 Å². The summed E-state index contributed by atoms with van der Waals surface area (Å²) in [6.07, 6.45) is 1.13. The van der Waals surface area contributed by atoms with Crippen molar-refractivity contribution in [1.29, 1.82) is 0 Å². The van der Waals surface area contributed by atoms with Crippen molar-refractivity contribution in [2.75, 3.05) is 6.54 Å². The molecule has 1 aliphatic heterocycles. The third-order valence-corrected chi connectivity index (χ3v) is 11.1. The van der Waals surface area contributed by atoms with E-state index in [-0.39, 0.29) is 23.3 Å². The second kappa shape index (κ2) is 9.63. The summed E-state index contributed by atoms with van der Waals surface area (Å²) in [4.78, 5) is 14.8. The van der Waals surface area contributed by atoms with Crippen LogP contribution in [0.5, 0.6) is 0 Å². The van der Waals surface area contributed by atoms with Gasteiger partial charge in [0.15, 0.2) is 8.32 Å². The van der Waals surface area contributed by atoms with Crippen molar-refractivity contribution in [3.05, 3.63) is 35.4 Å². The first-order valence-corrected chi connectivity index (χ1v) is 14.4. The van der Waals surface area contributed by atoms with E-state index < -0.39 is 20.0 Å². The van der Waals surface area contributed by atoms with Crippen LogP contribution in [0.3, 0.4) is 0 Å². The van der Waals surface area contributed by atoms with E-state index in [0.717, 1.165) is 17.5 Å². The van der Waals surface area contributed by atoms with Gasteiger partial charge in [-0.05, 0) is 76.2 Å². The molecular weight excluding hydrogens is 406 g/mol. The number of aliphatic hydroxyl groups excluding tert-OH is 1. The van der Waals surface area contributed by atoms with Crippen LogP contribution in [0.1, 0.15) is 78.0 Å². The van der Waals surface area contributed by atoms with Gasteiger partial charge in [-0.3, -0.25) is 0 Å². The number of rotatable bonds is 5. The molecule has 1 aliphatic rings. The Bertz CT molecular complexity index is 751. The normalized spacial score (nSPS) is 21.7. The number of ether oxygens (including phenoxy) is 1. The van der Waals surface area contributed by atoms with Crippen LogP contribution in [-0.4, -0.2) is 48.7 Å². The van der Waals surface area contributed by atoms with E-state index in [9.17, 15) is 9.90 Å². The Morgan fingerprint density at radius 2 is 1.81 bits per heavy atom. The third-order valence-electron chi connectivity index (χ3n) is 6.61. The number of nitrogens with zero attached hydrogens (tertiary/aromatic N) is 1. The van der Waals surface area contributed by atoms with Crippen LogP contribution in [0.25, 0.3) is 0 Å². The second-order valence-electron chi connectivity index (χ2n) is 11.5. The molecule has 31 heavy (non-hydrogen) atoms. The summed E-state index contributed by atoms with van der Waals surface area (Å²) in [5, 5.41) is 11.2. The minimum Gasteiger partial charge on any atom is -0.444 e. The maximum absolute atomic E-state index is 13.0. The molecule has 0 radical (unpaired) electrons. The van der Waals surface area contributed by atoms with E-state index in [1.807, 2.05) is 52.0 Å². The summed E-state index contributed by atoms with van der Waals surface area (Å²) in [6, 6.07) is 7.76. The van der Waals surface area contributed by atoms with Crippen molar-refractivity contribution in [3.63, 3.8) is 0 Å². The highest BCUT2D eigenvalue weighted by atomic mass is 28.4. The van der Waals surface area contributed by atoms with Crippen molar-refractivity contribution < 1.29 is 19.1 Å². The SMILES string of the molecule is Cc1ccccc1[C@H](O)C[C@H]1C[C@@H](O[Si](C)(C)C(C)(C)C)CCN1C(=O)OC(C)(C)C. The molecule has 0 unspecified atom stereocenters. The maximum atomic E-state index is 13.0. The number of benzene rings is 1. The summed E-state index contributed by atoms with van der Waals surface area (Å²) in [6.45, 7) is 19.5. The Morgan fingerprint density at radius 1 is 1.19 bits per heavy atom. The molecule has 6 heteroatoms. The first-order valence-electron chi connectivity index (χ1n) is 11.5. The fourth-order valence-corrected chi connectivity index (χ4v) is 5.25. The van der Waals surface area contributed by atoms with Gasteiger partial charge in [0.25, 0.3) is 0 Å². The molecule has 0 spiro atoms. The van der Waals surface area contributed by atoms with Gasteiger partial charge in [-0.15, -0.1) is 0 Å². The minimum absolute atomic E-state index is 0.0913. The molecule has 1 heterocycles. The molecule has 1 aromatic carbocycles. The molecular formula is C25H43NO4Si. The average molecular weight is 450 g/mol. The smallest absolute Gasteiger partial charge is 0.410 e. The first kappa shape index (κ1) is 25.9. The van der Waals surface area contributed by atoms with Crippen molar-refractivity contribution in [3.8, 4) is 0 Å². The van der Waals surface area contributed by atoms with Crippen LogP contribution in [0.15, 0.2) is 24.3 Å². The maximum Gasteiger partial charge on any atom is 0.410 e. The summed E-state index contributed by atoms with van der Waals surface area (Å²) in [5.41, 5.74) is 1.42. The zero-order valence-electron chi connectivity index (χ0n) is 21.0. The lowest BCUT2D eigenvalue weighted by molar-refractivity contribution is -0.0153. The van der Waals surface area contributed by atoms with E-state index >= 15 is 0 Å². The Hall–Kier alpha value is -1.37. The van der Waals surface area contributed by atoms with Gasteiger partial charge in [0.2, 0.25) is 0 Å². The van der Waals surface area contributed by atoms with Crippen molar-refractivity contribution in [2.24, 2.45) is 0 Å². The minimum atomic E-state index is -1.92. The lowest BCUT2D eigenvalue weighted by atomic mass is 9.91. The number of hydrogen-bond donors (Lipinski definition) is 1. The monoisotopic (exact) mass is 449 g/mol. The van der Waals surface area contributed by atoms with Crippen molar-refractivity contribution in [1.82, 2.24) is 4.90 Å².